The van der Waals surface area contributed by atoms with Crippen molar-refractivity contribution in [3.05, 3.63) is 59.7 Å². The van der Waals surface area contributed by atoms with Crippen LogP contribution in [0.2, 0.25) is 0 Å². The molecule has 5 nitrogen and oxygen atoms in total. The van der Waals surface area contributed by atoms with Crippen molar-refractivity contribution in [1.82, 2.24) is 4.90 Å². The van der Waals surface area contributed by atoms with E-state index < -0.39 is 6.10 Å². The fraction of sp³-hybridized carbons (Fsp3) is 0.417. The number of para-hydroxylation sites is 1. The molecule has 3 rings (SSSR count). The lowest BCUT2D eigenvalue weighted by atomic mass is 10.1. The molecule has 29 heavy (non-hydrogen) atoms. The van der Waals surface area contributed by atoms with Crippen molar-refractivity contribution < 1.29 is 14.3 Å². The predicted molar refractivity (Wildman–Crippen MR) is 115 cm³/mol. The number of benzene rings is 2. The number of rotatable bonds is 6. The van der Waals surface area contributed by atoms with Crippen molar-refractivity contribution in [2.24, 2.45) is 0 Å². The third-order valence-corrected chi connectivity index (χ3v) is 5.30. The predicted octanol–water partition coefficient (Wildman–Crippen LogP) is 4.81. The van der Waals surface area contributed by atoms with Gasteiger partial charge in [0.1, 0.15) is 5.75 Å². The second kappa shape index (κ2) is 10.1. The molecule has 1 aliphatic heterocycles. The molecule has 1 heterocycles. The van der Waals surface area contributed by atoms with Crippen molar-refractivity contribution >= 4 is 17.5 Å². The summed E-state index contributed by atoms with van der Waals surface area (Å²) in [6.07, 6.45) is 4.42. The molecule has 0 saturated carbocycles. The van der Waals surface area contributed by atoms with E-state index in [9.17, 15) is 9.59 Å². The second-order valence-electron chi connectivity index (χ2n) is 7.56. The average molecular weight is 395 g/mol. The maximum Gasteiger partial charge on any atom is 0.265 e. The molecule has 0 aromatic heterocycles. The molecule has 1 fully saturated rings. The van der Waals surface area contributed by atoms with E-state index >= 15 is 0 Å². The number of carbonyl (C=O) groups is 2. The van der Waals surface area contributed by atoms with Gasteiger partial charge < -0.3 is 15.0 Å². The number of carbonyl (C=O) groups excluding carboxylic acids is 2. The van der Waals surface area contributed by atoms with Crippen LogP contribution in [0.25, 0.3) is 0 Å². The summed E-state index contributed by atoms with van der Waals surface area (Å²) in [4.78, 5) is 27.5. The van der Waals surface area contributed by atoms with Crippen molar-refractivity contribution in [3.8, 4) is 5.75 Å². The van der Waals surface area contributed by atoms with Crippen molar-refractivity contribution in [2.75, 3.05) is 18.4 Å². The van der Waals surface area contributed by atoms with Crippen LogP contribution in [0.4, 0.5) is 5.69 Å². The molecule has 0 spiro atoms. The Morgan fingerprint density at radius 2 is 1.76 bits per heavy atom. The number of hydrogen-bond acceptors (Lipinski definition) is 3. The zero-order valence-corrected chi connectivity index (χ0v) is 17.3. The van der Waals surface area contributed by atoms with Crippen LogP contribution in [-0.4, -0.2) is 35.9 Å². The SMILES string of the molecule is CCC(Oc1ccccc1C)C(=O)Nc1cccc(C(=O)N2CCCCCC2)c1. The Morgan fingerprint density at radius 1 is 1.03 bits per heavy atom. The van der Waals surface area contributed by atoms with E-state index in [-0.39, 0.29) is 11.8 Å². The van der Waals surface area contributed by atoms with Gasteiger partial charge in [0, 0.05) is 24.3 Å². The molecule has 2 amide bonds. The number of likely N-dealkylation sites (tertiary alicyclic amines) is 1. The number of aryl methyl sites for hydroxylation is 1. The molecule has 5 heteroatoms. The Hall–Kier alpha value is -2.82. The van der Waals surface area contributed by atoms with Gasteiger partial charge in [-0.05, 0) is 56.0 Å². The minimum atomic E-state index is -0.596. The van der Waals surface area contributed by atoms with Gasteiger partial charge in [-0.15, -0.1) is 0 Å². The molecule has 0 radical (unpaired) electrons. The number of nitrogens with zero attached hydrogens (tertiary/aromatic N) is 1. The quantitative estimate of drug-likeness (QED) is 0.765. The number of hydrogen-bond donors (Lipinski definition) is 1. The Bertz CT molecular complexity index is 842. The van der Waals surface area contributed by atoms with Crippen LogP contribution in [0.5, 0.6) is 5.75 Å². The summed E-state index contributed by atoms with van der Waals surface area (Å²) in [6, 6.07) is 14.8. The number of amides is 2. The minimum absolute atomic E-state index is 0.0335. The molecule has 0 bridgehead atoms. The lowest BCUT2D eigenvalue weighted by Gasteiger charge is -2.21. The van der Waals surface area contributed by atoms with Crippen molar-refractivity contribution in [1.29, 1.82) is 0 Å². The maximum absolute atomic E-state index is 12.8. The van der Waals surface area contributed by atoms with E-state index in [1.54, 1.807) is 12.1 Å². The van der Waals surface area contributed by atoms with Gasteiger partial charge in [-0.2, -0.15) is 0 Å². The van der Waals surface area contributed by atoms with Crippen LogP contribution in [0.15, 0.2) is 48.5 Å². The lowest BCUT2D eigenvalue weighted by molar-refractivity contribution is -0.122. The molecule has 154 valence electrons. The Kier molecular flexibility index (Phi) is 7.28. The van der Waals surface area contributed by atoms with Crippen LogP contribution in [-0.2, 0) is 4.79 Å². The van der Waals surface area contributed by atoms with Gasteiger partial charge in [-0.25, -0.2) is 0 Å². The summed E-state index contributed by atoms with van der Waals surface area (Å²) in [7, 11) is 0. The highest BCUT2D eigenvalue weighted by molar-refractivity contribution is 5.98. The van der Waals surface area contributed by atoms with Gasteiger partial charge >= 0.3 is 0 Å². The average Bonchev–Trinajstić information content (AvgIpc) is 3.02. The molecule has 1 unspecified atom stereocenters. The lowest BCUT2D eigenvalue weighted by Crippen LogP contribution is -2.33. The zero-order valence-electron chi connectivity index (χ0n) is 17.3. The van der Waals surface area contributed by atoms with Gasteiger partial charge in [0.2, 0.25) is 0 Å². The summed E-state index contributed by atoms with van der Waals surface area (Å²) >= 11 is 0. The summed E-state index contributed by atoms with van der Waals surface area (Å²) in [5, 5.41) is 2.91. The molecule has 1 N–H and O–H groups in total. The molecule has 1 saturated heterocycles. The van der Waals surface area contributed by atoms with Gasteiger partial charge in [-0.1, -0.05) is 44.0 Å². The zero-order chi connectivity index (χ0) is 20.6. The fourth-order valence-corrected chi connectivity index (χ4v) is 3.57. The van der Waals surface area contributed by atoms with Crippen molar-refractivity contribution in [3.63, 3.8) is 0 Å². The molecule has 2 aromatic carbocycles. The smallest absolute Gasteiger partial charge is 0.265 e. The molecule has 2 aromatic rings. The first-order valence-corrected chi connectivity index (χ1v) is 10.5. The Morgan fingerprint density at radius 3 is 2.45 bits per heavy atom. The fourth-order valence-electron chi connectivity index (χ4n) is 3.57. The number of ether oxygens (including phenoxy) is 1. The largest absolute Gasteiger partial charge is 0.480 e. The van der Waals surface area contributed by atoms with Gasteiger partial charge in [0.15, 0.2) is 6.10 Å². The van der Waals surface area contributed by atoms with Crippen LogP contribution in [0, 0.1) is 6.92 Å². The van der Waals surface area contributed by atoms with Crippen LogP contribution >= 0.6 is 0 Å². The monoisotopic (exact) mass is 394 g/mol. The van der Waals surface area contributed by atoms with Crippen LogP contribution in [0.3, 0.4) is 0 Å². The summed E-state index contributed by atoms with van der Waals surface area (Å²) < 4.78 is 5.93. The molecule has 1 aliphatic rings. The second-order valence-corrected chi connectivity index (χ2v) is 7.56. The first-order chi connectivity index (χ1) is 14.1. The van der Waals surface area contributed by atoms with Gasteiger partial charge in [-0.3, -0.25) is 9.59 Å². The van der Waals surface area contributed by atoms with Gasteiger partial charge in [0.25, 0.3) is 11.8 Å². The first kappa shape index (κ1) is 20.9. The number of anilines is 1. The maximum atomic E-state index is 12.8. The Labute approximate surface area is 173 Å². The highest BCUT2D eigenvalue weighted by Crippen LogP contribution is 2.20. The van der Waals surface area contributed by atoms with E-state index in [0.717, 1.165) is 31.5 Å². The topological polar surface area (TPSA) is 58.6 Å². The van der Waals surface area contributed by atoms with Crippen LogP contribution in [0.1, 0.15) is 54.9 Å². The highest BCUT2D eigenvalue weighted by atomic mass is 16.5. The van der Waals surface area contributed by atoms with Gasteiger partial charge in [0.05, 0.1) is 0 Å². The summed E-state index contributed by atoms with van der Waals surface area (Å²) in [5.74, 6) is 0.529. The molecule has 0 aliphatic carbocycles. The third-order valence-electron chi connectivity index (χ3n) is 5.30. The molecule has 1 atom stereocenters. The molecular formula is C24H30N2O3. The molecular weight excluding hydrogens is 364 g/mol. The van der Waals surface area contributed by atoms with E-state index in [2.05, 4.69) is 5.32 Å². The van der Waals surface area contributed by atoms with Crippen molar-refractivity contribution in [2.45, 2.75) is 52.1 Å². The summed E-state index contributed by atoms with van der Waals surface area (Å²) in [6.45, 7) is 5.48. The summed E-state index contributed by atoms with van der Waals surface area (Å²) in [5.41, 5.74) is 2.21. The highest BCUT2D eigenvalue weighted by Gasteiger charge is 2.21. The standard InChI is InChI=1S/C24H30N2O3/c1-3-21(29-22-14-7-6-11-18(22)2)23(27)25-20-13-10-12-19(17-20)24(28)26-15-8-4-5-9-16-26/h6-7,10-14,17,21H,3-5,8-9,15-16H2,1-2H3,(H,25,27). The third kappa shape index (κ3) is 5.59. The first-order valence-electron chi connectivity index (χ1n) is 10.5. The van der Waals surface area contributed by atoms with Crippen LogP contribution < -0.4 is 10.1 Å². The van der Waals surface area contributed by atoms with E-state index in [1.165, 1.54) is 12.8 Å². The normalized spacial score (nSPS) is 15.3. The minimum Gasteiger partial charge on any atom is -0.480 e. The van der Waals surface area contributed by atoms with E-state index in [1.807, 2.05) is 55.1 Å². The van der Waals surface area contributed by atoms with E-state index in [0.29, 0.717) is 23.4 Å². The number of nitrogens with one attached hydrogen (secondary N) is 1. The Balaban J connectivity index is 1.67. The van der Waals surface area contributed by atoms with E-state index in [4.69, 9.17) is 4.74 Å².